The van der Waals surface area contributed by atoms with Crippen molar-refractivity contribution in [3.05, 3.63) is 78.5 Å². The molecule has 0 aliphatic rings. The molecule has 0 aliphatic heterocycles. The zero-order valence-electron chi connectivity index (χ0n) is 16.3. The number of hydrogen-bond acceptors (Lipinski definition) is 3. The Morgan fingerprint density at radius 1 is 0.793 bits per heavy atom. The quantitative estimate of drug-likeness (QED) is 0.297. The second-order valence-electron chi connectivity index (χ2n) is 7.83. The van der Waals surface area contributed by atoms with Gasteiger partial charge in [0.05, 0.1) is 5.69 Å². The maximum Gasteiger partial charge on any atom is 0.144 e. The minimum Gasteiger partial charge on any atom is -0.455 e. The molecule has 0 atom stereocenters. The third-order valence-corrected chi connectivity index (χ3v) is 6.87. The largest absolute Gasteiger partial charge is 0.455 e. The molecule has 3 aromatic carbocycles. The second-order valence-corrected chi connectivity index (χ2v) is 8.91. The first-order valence-corrected chi connectivity index (χ1v) is 10.7. The van der Waals surface area contributed by atoms with E-state index in [1.807, 2.05) is 17.5 Å². The lowest BCUT2D eigenvalue weighted by Crippen LogP contribution is -1.90. The van der Waals surface area contributed by atoms with E-state index in [0.717, 1.165) is 33.2 Å². The van der Waals surface area contributed by atoms with E-state index in [0.29, 0.717) is 5.92 Å². The van der Waals surface area contributed by atoms with Crippen molar-refractivity contribution in [3.8, 4) is 11.3 Å². The highest BCUT2D eigenvalue weighted by Crippen LogP contribution is 2.43. The smallest absolute Gasteiger partial charge is 0.144 e. The van der Waals surface area contributed by atoms with Crippen molar-refractivity contribution in [3.63, 3.8) is 0 Å². The summed E-state index contributed by atoms with van der Waals surface area (Å²) in [7, 11) is 0. The van der Waals surface area contributed by atoms with E-state index in [4.69, 9.17) is 4.42 Å². The molecule has 0 spiro atoms. The third kappa shape index (κ3) is 2.44. The molecule has 0 radical (unpaired) electrons. The number of fused-ring (bicyclic) bond motifs is 7. The third-order valence-electron chi connectivity index (χ3n) is 5.73. The lowest BCUT2D eigenvalue weighted by molar-refractivity contribution is 0.674. The Morgan fingerprint density at radius 3 is 2.52 bits per heavy atom. The summed E-state index contributed by atoms with van der Waals surface area (Å²) in [5.41, 5.74) is 5.19. The standard InChI is InChI=1S/C26H19NOS/c1-15(2)16-12-13-27-21(14-16)19-8-5-7-17-18-10-11-23-24(26(18)28-25(17)19)20-6-3-4-9-22(20)29-23/h3-15H,1-2H3. The summed E-state index contributed by atoms with van der Waals surface area (Å²) in [5.74, 6) is 0.462. The van der Waals surface area contributed by atoms with Crippen molar-refractivity contribution in [2.75, 3.05) is 0 Å². The van der Waals surface area contributed by atoms with Crippen LogP contribution in [-0.4, -0.2) is 4.98 Å². The van der Waals surface area contributed by atoms with Gasteiger partial charge in [-0.25, -0.2) is 0 Å². The molecule has 3 heterocycles. The lowest BCUT2D eigenvalue weighted by Gasteiger charge is -2.07. The van der Waals surface area contributed by atoms with Gasteiger partial charge in [0.25, 0.3) is 0 Å². The van der Waals surface area contributed by atoms with E-state index in [1.165, 1.54) is 25.7 Å². The highest BCUT2D eigenvalue weighted by molar-refractivity contribution is 7.26. The van der Waals surface area contributed by atoms with E-state index in [9.17, 15) is 0 Å². The number of rotatable bonds is 2. The minimum atomic E-state index is 0.462. The Hall–Kier alpha value is -3.17. The molecular formula is C26H19NOS. The summed E-state index contributed by atoms with van der Waals surface area (Å²) < 4.78 is 9.14. The molecule has 29 heavy (non-hydrogen) atoms. The number of furan rings is 1. The second kappa shape index (κ2) is 6.16. The fraction of sp³-hybridized carbons (Fsp3) is 0.115. The maximum atomic E-state index is 6.58. The summed E-state index contributed by atoms with van der Waals surface area (Å²) in [6.45, 7) is 4.42. The van der Waals surface area contributed by atoms with Crippen molar-refractivity contribution < 1.29 is 4.42 Å². The molecule has 6 aromatic rings. The molecule has 0 bridgehead atoms. The average molecular weight is 394 g/mol. The number of nitrogens with zero attached hydrogens (tertiary/aromatic N) is 1. The van der Waals surface area contributed by atoms with Gasteiger partial charge < -0.3 is 4.42 Å². The molecule has 0 saturated carbocycles. The van der Waals surface area contributed by atoms with Crippen molar-refractivity contribution in [2.45, 2.75) is 19.8 Å². The van der Waals surface area contributed by atoms with Crippen molar-refractivity contribution in [1.29, 1.82) is 0 Å². The molecule has 0 N–H and O–H groups in total. The average Bonchev–Trinajstić information content (AvgIpc) is 3.31. The summed E-state index contributed by atoms with van der Waals surface area (Å²) >= 11 is 1.82. The van der Waals surface area contributed by atoms with Crippen molar-refractivity contribution >= 4 is 53.4 Å². The van der Waals surface area contributed by atoms with E-state index in [1.54, 1.807) is 0 Å². The first kappa shape index (κ1) is 16.8. The van der Waals surface area contributed by atoms with Crippen LogP contribution >= 0.6 is 11.3 Å². The molecule has 3 aromatic heterocycles. The molecule has 140 valence electrons. The monoisotopic (exact) mass is 393 g/mol. The molecule has 0 aliphatic carbocycles. The Balaban J connectivity index is 1.71. The van der Waals surface area contributed by atoms with Gasteiger partial charge in [0.1, 0.15) is 11.2 Å². The first-order valence-electron chi connectivity index (χ1n) is 9.92. The summed E-state index contributed by atoms with van der Waals surface area (Å²) in [6, 6.07) is 23.6. The van der Waals surface area contributed by atoms with Gasteiger partial charge in [-0.2, -0.15) is 0 Å². The summed E-state index contributed by atoms with van der Waals surface area (Å²) in [5, 5.41) is 4.79. The number of aromatic nitrogens is 1. The molecular weight excluding hydrogens is 374 g/mol. The molecule has 0 saturated heterocycles. The van der Waals surface area contributed by atoms with Crippen LogP contribution in [-0.2, 0) is 0 Å². The number of para-hydroxylation sites is 1. The highest BCUT2D eigenvalue weighted by Gasteiger charge is 2.17. The van der Waals surface area contributed by atoms with Crippen molar-refractivity contribution in [2.24, 2.45) is 0 Å². The lowest BCUT2D eigenvalue weighted by atomic mass is 10.0. The molecule has 2 nitrogen and oxygen atoms in total. The fourth-order valence-corrected chi connectivity index (χ4v) is 5.32. The van der Waals surface area contributed by atoms with Gasteiger partial charge in [0, 0.05) is 42.7 Å². The zero-order valence-corrected chi connectivity index (χ0v) is 17.1. The van der Waals surface area contributed by atoms with Gasteiger partial charge in [0.15, 0.2) is 0 Å². The Labute approximate surface area is 172 Å². The maximum absolute atomic E-state index is 6.58. The topological polar surface area (TPSA) is 26.0 Å². The van der Waals surface area contributed by atoms with Gasteiger partial charge in [-0.1, -0.05) is 44.2 Å². The van der Waals surface area contributed by atoms with Gasteiger partial charge >= 0.3 is 0 Å². The summed E-state index contributed by atoms with van der Waals surface area (Å²) in [6.07, 6.45) is 1.90. The van der Waals surface area contributed by atoms with E-state index in [2.05, 4.69) is 85.6 Å². The highest BCUT2D eigenvalue weighted by atomic mass is 32.1. The van der Waals surface area contributed by atoms with Gasteiger partial charge in [-0.05, 0) is 47.9 Å². The van der Waals surface area contributed by atoms with Gasteiger partial charge in [-0.15, -0.1) is 11.3 Å². The van der Waals surface area contributed by atoms with Crippen molar-refractivity contribution in [1.82, 2.24) is 4.98 Å². The van der Waals surface area contributed by atoms with Crippen LogP contribution in [0, 0.1) is 0 Å². The first-order chi connectivity index (χ1) is 14.2. The van der Waals surface area contributed by atoms with Crippen LogP contribution in [0.3, 0.4) is 0 Å². The SMILES string of the molecule is CC(C)c1ccnc(-c2cccc3c2oc2c3ccc3sc4ccccc4c32)c1. The van der Waals surface area contributed by atoms with Crippen LogP contribution in [0.2, 0.25) is 0 Å². The minimum absolute atomic E-state index is 0.462. The van der Waals surface area contributed by atoms with Crippen LogP contribution in [0.25, 0.3) is 53.4 Å². The van der Waals surface area contributed by atoms with E-state index < -0.39 is 0 Å². The fourth-order valence-electron chi connectivity index (χ4n) is 4.22. The van der Waals surface area contributed by atoms with Crippen LogP contribution in [0.5, 0.6) is 0 Å². The van der Waals surface area contributed by atoms with Crippen LogP contribution in [0.4, 0.5) is 0 Å². The number of benzene rings is 3. The normalized spacial score (nSPS) is 12.1. The zero-order chi connectivity index (χ0) is 19.5. The van der Waals surface area contributed by atoms with Crippen LogP contribution < -0.4 is 0 Å². The van der Waals surface area contributed by atoms with E-state index in [-0.39, 0.29) is 0 Å². The summed E-state index contributed by atoms with van der Waals surface area (Å²) in [4.78, 5) is 4.66. The van der Waals surface area contributed by atoms with E-state index >= 15 is 0 Å². The Bertz CT molecular complexity index is 1540. The Morgan fingerprint density at radius 2 is 1.62 bits per heavy atom. The number of pyridine rings is 1. The molecule has 0 fully saturated rings. The molecule has 3 heteroatoms. The van der Waals surface area contributed by atoms with Gasteiger partial charge in [0.2, 0.25) is 0 Å². The molecule has 6 rings (SSSR count). The van der Waals surface area contributed by atoms with Gasteiger partial charge in [-0.3, -0.25) is 4.98 Å². The predicted molar refractivity (Wildman–Crippen MR) is 124 cm³/mol. The van der Waals surface area contributed by atoms with Crippen LogP contribution in [0.15, 0.2) is 77.3 Å². The number of thiophene rings is 1. The Kier molecular flexibility index (Phi) is 3.56. The predicted octanol–water partition coefficient (Wildman–Crippen LogP) is 8.14. The molecule has 0 amide bonds. The number of hydrogen-bond donors (Lipinski definition) is 0. The van der Waals surface area contributed by atoms with Crippen LogP contribution in [0.1, 0.15) is 25.3 Å². The molecule has 0 unspecified atom stereocenters.